The Morgan fingerprint density at radius 2 is 2.00 bits per heavy atom. The molecule has 0 amide bonds. The zero-order valence-corrected chi connectivity index (χ0v) is 20.9. The molecule has 0 radical (unpaired) electrons. The van der Waals surface area contributed by atoms with Gasteiger partial charge in [-0.2, -0.15) is 0 Å². The average molecular weight is 455 g/mol. The molecule has 0 saturated heterocycles. The number of nitrogens with zero attached hydrogens (tertiary/aromatic N) is 3. The molecular formula is C29H34N4O. The van der Waals surface area contributed by atoms with E-state index in [2.05, 4.69) is 72.1 Å². The van der Waals surface area contributed by atoms with Crippen molar-refractivity contribution in [3.63, 3.8) is 0 Å². The summed E-state index contributed by atoms with van der Waals surface area (Å²) in [6.45, 7) is 12.1. The van der Waals surface area contributed by atoms with E-state index >= 15 is 0 Å². The lowest BCUT2D eigenvalue weighted by Gasteiger charge is -2.34. The predicted molar refractivity (Wildman–Crippen MR) is 140 cm³/mol. The van der Waals surface area contributed by atoms with E-state index < -0.39 is 0 Å². The highest BCUT2D eigenvalue weighted by Crippen LogP contribution is 2.29. The van der Waals surface area contributed by atoms with Crippen LogP contribution in [0.3, 0.4) is 0 Å². The van der Waals surface area contributed by atoms with Gasteiger partial charge in [0.05, 0.1) is 0 Å². The van der Waals surface area contributed by atoms with E-state index in [1.165, 1.54) is 39.6 Å². The van der Waals surface area contributed by atoms with Crippen LogP contribution in [0.2, 0.25) is 0 Å². The Morgan fingerprint density at radius 1 is 1.18 bits per heavy atom. The van der Waals surface area contributed by atoms with Gasteiger partial charge in [-0.05, 0) is 75.5 Å². The van der Waals surface area contributed by atoms with Gasteiger partial charge in [-0.15, -0.1) is 0 Å². The fourth-order valence-corrected chi connectivity index (χ4v) is 4.69. The van der Waals surface area contributed by atoms with Crippen molar-refractivity contribution in [2.75, 3.05) is 6.54 Å². The minimum absolute atomic E-state index is 0.123. The van der Waals surface area contributed by atoms with Crippen LogP contribution in [0, 0.1) is 6.92 Å². The van der Waals surface area contributed by atoms with Crippen LogP contribution in [-0.2, 0) is 13.0 Å². The Morgan fingerprint density at radius 3 is 2.76 bits per heavy atom. The molecule has 0 fully saturated rings. The Bertz CT molecular complexity index is 1290. The van der Waals surface area contributed by atoms with E-state index in [0.717, 1.165) is 37.2 Å². The topological polar surface area (TPSA) is 61.9 Å². The molecular weight excluding hydrogens is 420 g/mol. The van der Waals surface area contributed by atoms with Gasteiger partial charge >= 0.3 is 0 Å². The molecule has 5 heteroatoms. The molecule has 2 aromatic heterocycles. The van der Waals surface area contributed by atoms with Crippen LogP contribution in [0.5, 0.6) is 0 Å². The molecule has 34 heavy (non-hydrogen) atoms. The first-order valence-corrected chi connectivity index (χ1v) is 12.0. The molecule has 0 aromatic carbocycles. The Kier molecular flexibility index (Phi) is 7.23. The standard InChI is InChI=1S/C29H34N4O/c1-6-8-27(21(4)14-28-31-22(5)15-29(34)32-28)33-12-11-26-25(18-33)16-24(17-30-26)23-10-7-9-19(2)20(3)13-23/h6,8-10,13-17,27H,7,11-12,18H2,1-5H3,(H,31,32,34)/b8-6-,21-14-. The first-order chi connectivity index (χ1) is 16.3. The minimum atomic E-state index is -0.123. The van der Waals surface area contributed by atoms with Gasteiger partial charge in [0.15, 0.2) is 0 Å². The van der Waals surface area contributed by atoms with E-state index in [-0.39, 0.29) is 11.6 Å². The van der Waals surface area contributed by atoms with Crippen LogP contribution >= 0.6 is 0 Å². The van der Waals surface area contributed by atoms with Crippen molar-refractivity contribution in [2.24, 2.45) is 0 Å². The molecule has 0 spiro atoms. The number of hydrogen-bond donors (Lipinski definition) is 1. The molecule has 1 atom stereocenters. The number of nitrogens with one attached hydrogen (secondary N) is 1. The average Bonchev–Trinajstić information content (AvgIpc) is 2.96. The number of H-pyrrole nitrogens is 1. The van der Waals surface area contributed by atoms with Crippen LogP contribution < -0.4 is 5.56 Å². The van der Waals surface area contributed by atoms with E-state index in [1.807, 2.05) is 26.1 Å². The normalized spacial score (nSPS) is 18.1. The molecule has 0 bridgehead atoms. The Balaban J connectivity index is 1.61. The third-order valence-electron chi connectivity index (χ3n) is 6.65. The quantitative estimate of drug-likeness (QED) is 0.601. The van der Waals surface area contributed by atoms with Crippen LogP contribution in [-0.4, -0.2) is 32.4 Å². The summed E-state index contributed by atoms with van der Waals surface area (Å²) in [6, 6.07) is 3.95. The summed E-state index contributed by atoms with van der Waals surface area (Å²) in [5, 5.41) is 0. The SMILES string of the molecule is C/C=C\C(/C(C)=C\c1nc(C)cc(=O)[nH]1)N1CCc2ncc(C3=CCC=C(C)C(C)=C3)cc2C1. The van der Waals surface area contributed by atoms with Gasteiger partial charge in [-0.25, -0.2) is 4.98 Å². The van der Waals surface area contributed by atoms with E-state index in [9.17, 15) is 4.79 Å². The van der Waals surface area contributed by atoms with Crippen LogP contribution in [0.15, 0.2) is 70.2 Å². The third kappa shape index (κ3) is 5.42. The third-order valence-corrected chi connectivity index (χ3v) is 6.65. The van der Waals surface area contributed by atoms with E-state index in [1.54, 1.807) is 0 Å². The first kappa shape index (κ1) is 23.8. The van der Waals surface area contributed by atoms with Gasteiger partial charge in [-0.3, -0.25) is 14.7 Å². The minimum Gasteiger partial charge on any atom is -0.307 e. The fraction of sp³-hybridized carbons (Fsp3) is 0.345. The first-order valence-electron chi connectivity index (χ1n) is 12.0. The van der Waals surface area contributed by atoms with Crippen molar-refractivity contribution >= 4 is 11.6 Å². The maximum atomic E-state index is 11.9. The molecule has 1 aliphatic carbocycles. The second-order valence-electron chi connectivity index (χ2n) is 9.29. The van der Waals surface area contributed by atoms with Crippen molar-refractivity contribution in [3.05, 3.63) is 104 Å². The number of allylic oxidation sites excluding steroid dienone is 7. The highest BCUT2D eigenvalue weighted by Gasteiger charge is 2.24. The zero-order valence-electron chi connectivity index (χ0n) is 20.9. The summed E-state index contributed by atoms with van der Waals surface area (Å²) in [6.07, 6.45) is 17.0. The predicted octanol–water partition coefficient (Wildman–Crippen LogP) is 5.56. The second kappa shape index (κ2) is 10.3. The van der Waals surface area contributed by atoms with Gasteiger partial charge in [0.1, 0.15) is 5.82 Å². The maximum absolute atomic E-state index is 11.9. The molecule has 176 valence electrons. The lowest BCUT2D eigenvalue weighted by atomic mass is 9.96. The van der Waals surface area contributed by atoms with Crippen molar-refractivity contribution in [3.8, 4) is 0 Å². The monoisotopic (exact) mass is 454 g/mol. The Hall–Kier alpha value is -3.31. The molecule has 0 saturated carbocycles. The largest absolute Gasteiger partial charge is 0.307 e. The summed E-state index contributed by atoms with van der Waals surface area (Å²) in [5.74, 6) is 0.602. The van der Waals surface area contributed by atoms with Gasteiger partial charge < -0.3 is 4.98 Å². The molecule has 5 nitrogen and oxygen atoms in total. The summed E-state index contributed by atoms with van der Waals surface area (Å²) in [7, 11) is 0. The lowest BCUT2D eigenvalue weighted by molar-refractivity contribution is 0.230. The number of hydrogen-bond acceptors (Lipinski definition) is 4. The van der Waals surface area contributed by atoms with Crippen molar-refractivity contribution in [2.45, 2.75) is 60.0 Å². The molecule has 2 aliphatic rings. The van der Waals surface area contributed by atoms with Gasteiger partial charge in [-0.1, -0.05) is 36.0 Å². The van der Waals surface area contributed by atoms with Crippen LogP contribution in [0.1, 0.15) is 62.5 Å². The number of pyridine rings is 1. The van der Waals surface area contributed by atoms with Crippen molar-refractivity contribution in [1.82, 2.24) is 19.9 Å². The maximum Gasteiger partial charge on any atom is 0.251 e. The summed E-state index contributed by atoms with van der Waals surface area (Å²) >= 11 is 0. The van der Waals surface area contributed by atoms with Crippen molar-refractivity contribution < 1.29 is 0 Å². The van der Waals surface area contributed by atoms with E-state index in [4.69, 9.17) is 4.98 Å². The van der Waals surface area contributed by atoms with Gasteiger partial charge in [0.25, 0.3) is 5.56 Å². The molecule has 3 heterocycles. The van der Waals surface area contributed by atoms with E-state index in [0.29, 0.717) is 5.82 Å². The number of aromatic amines is 1. The number of rotatable bonds is 5. The fourth-order valence-electron chi connectivity index (χ4n) is 4.69. The molecule has 2 aromatic rings. The molecule has 1 unspecified atom stereocenters. The highest BCUT2D eigenvalue weighted by molar-refractivity contribution is 5.76. The summed E-state index contributed by atoms with van der Waals surface area (Å²) in [4.78, 5) is 26.5. The number of fused-ring (bicyclic) bond motifs is 1. The highest BCUT2D eigenvalue weighted by atomic mass is 16.1. The molecule has 1 N–H and O–H groups in total. The van der Waals surface area contributed by atoms with Crippen molar-refractivity contribution in [1.29, 1.82) is 0 Å². The summed E-state index contributed by atoms with van der Waals surface area (Å²) < 4.78 is 0. The van der Waals surface area contributed by atoms with Gasteiger partial charge in [0, 0.05) is 54.8 Å². The van der Waals surface area contributed by atoms with Gasteiger partial charge in [0.2, 0.25) is 0 Å². The van der Waals surface area contributed by atoms with Crippen LogP contribution in [0.4, 0.5) is 0 Å². The second-order valence-corrected chi connectivity index (χ2v) is 9.29. The van der Waals surface area contributed by atoms with Crippen LogP contribution in [0.25, 0.3) is 11.6 Å². The number of aromatic nitrogens is 3. The Labute approximate surface area is 202 Å². The molecule has 1 aliphatic heterocycles. The molecule has 4 rings (SSSR count). The lowest BCUT2D eigenvalue weighted by Crippen LogP contribution is -2.39. The smallest absolute Gasteiger partial charge is 0.251 e. The number of aryl methyl sites for hydroxylation is 1. The summed E-state index contributed by atoms with van der Waals surface area (Å²) in [5.41, 5.74) is 9.28. The zero-order chi connectivity index (χ0) is 24.2.